The second-order valence-electron chi connectivity index (χ2n) is 4.62. The molecule has 0 radical (unpaired) electrons. The molecule has 7 nitrogen and oxygen atoms in total. The fourth-order valence-corrected chi connectivity index (χ4v) is 2.90. The molecule has 9 heteroatoms. The van der Waals surface area contributed by atoms with Gasteiger partial charge in [-0.1, -0.05) is 39.4 Å². The molecular formula is C15H13BrN4O3S. The minimum absolute atomic E-state index is 0.169. The Morgan fingerprint density at radius 1 is 1.38 bits per heavy atom. The number of oxazole rings is 1. The number of nitrogens with one attached hydrogen (secondary N) is 2. The van der Waals surface area contributed by atoms with Crippen molar-refractivity contribution >= 4 is 38.4 Å². The maximum Gasteiger partial charge on any atom is 0.321 e. The molecule has 0 fully saturated rings. The summed E-state index contributed by atoms with van der Waals surface area (Å²) in [5, 5.41) is 6.35. The van der Waals surface area contributed by atoms with E-state index < -0.39 is 6.03 Å². The van der Waals surface area contributed by atoms with E-state index in [0.717, 1.165) is 10.0 Å². The molecule has 24 heavy (non-hydrogen) atoms. The van der Waals surface area contributed by atoms with Gasteiger partial charge < -0.3 is 14.5 Å². The molecule has 0 atom stereocenters. The lowest BCUT2D eigenvalue weighted by Crippen LogP contribution is -2.28. The van der Waals surface area contributed by atoms with E-state index >= 15 is 0 Å². The summed E-state index contributed by atoms with van der Waals surface area (Å²) in [5.74, 6) is 1.05. The first-order chi connectivity index (χ1) is 11.6. The third kappa shape index (κ3) is 4.12. The molecular weight excluding hydrogens is 396 g/mol. The number of ether oxygens (including phenoxy) is 1. The second kappa shape index (κ2) is 7.45. The summed E-state index contributed by atoms with van der Waals surface area (Å²) in [6.45, 7) is 0.169. The Labute approximate surface area is 150 Å². The predicted molar refractivity (Wildman–Crippen MR) is 94.2 cm³/mol. The lowest BCUT2D eigenvalue weighted by Gasteiger charge is -2.02. The maximum atomic E-state index is 11.8. The number of benzene rings is 1. The molecule has 2 amide bonds. The third-order valence-electron chi connectivity index (χ3n) is 2.97. The molecule has 0 aliphatic rings. The summed E-state index contributed by atoms with van der Waals surface area (Å²) < 4.78 is 11.6. The van der Waals surface area contributed by atoms with Gasteiger partial charge in [0.15, 0.2) is 16.0 Å². The molecule has 0 bridgehead atoms. The van der Waals surface area contributed by atoms with Crippen LogP contribution in [0.3, 0.4) is 0 Å². The standard InChI is InChI=1S/C15H13BrN4O3S/c1-22-13-8-19-15(24-13)20-14(21)18-7-12-17-6-11(23-12)9-3-2-4-10(16)5-9/h2-6,8H,7H2,1H3,(H2,18,19,20,21). The number of hydrogen-bond acceptors (Lipinski definition) is 6. The van der Waals surface area contributed by atoms with E-state index in [1.54, 1.807) is 19.5 Å². The van der Waals surface area contributed by atoms with Crippen molar-refractivity contribution in [1.29, 1.82) is 0 Å². The Morgan fingerprint density at radius 2 is 2.25 bits per heavy atom. The number of halogens is 1. The molecule has 124 valence electrons. The van der Waals surface area contributed by atoms with Gasteiger partial charge in [-0.2, -0.15) is 0 Å². The molecule has 2 aromatic heterocycles. The van der Waals surface area contributed by atoms with Gasteiger partial charge >= 0.3 is 6.03 Å². The zero-order chi connectivity index (χ0) is 16.9. The zero-order valence-electron chi connectivity index (χ0n) is 12.6. The summed E-state index contributed by atoms with van der Waals surface area (Å²) in [6, 6.07) is 7.30. The highest BCUT2D eigenvalue weighted by Gasteiger charge is 2.10. The van der Waals surface area contributed by atoms with Gasteiger partial charge in [-0.15, -0.1) is 0 Å². The Kier molecular flexibility index (Phi) is 5.11. The minimum Gasteiger partial charge on any atom is -0.486 e. The van der Waals surface area contributed by atoms with E-state index in [4.69, 9.17) is 9.15 Å². The van der Waals surface area contributed by atoms with E-state index in [9.17, 15) is 4.79 Å². The van der Waals surface area contributed by atoms with E-state index in [-0.39, 0.29) is 6.54 Å². The molecule has 1 aromatic carbocycles. The van der Waals surface area contributed by atoms with Crippen LogP contribution < -0.4 is 15.4 Å². The third-order valence-corrected chi connectivity index (χ3v) is 4.34. The first-order valence-corrected chi connectivity index (χ1v) is 8.50. The monoisotopic (exact) mass is 408 g/mol. The fourth-order valence-electron chi connectivity index (χ4n) is 1.88. The van der Waals surface area contributed by atoms with Crippen molar-refractivity contribution in [2.24, 2.45) is 0 Å². The second-order valence-corrected chi connectivity index (χ2v) is 6.53. The number of thiazole rings is 1. The number of methoxy groups -OCH3 is 1. The van der Waals surface area contributed by atoms with Crippen LogP contribution in [0.25, 0.3) is 11.3 Å². The largest absolute Gasteiger partial charge is 0.486 e. The van der Waals surface area contributed by atoms with Gasteiger partial charge in [0.05, 0.1) is 26.0 Å². The molecule has 0 aliphatic heterocycles. The molecule has 3 rings (SSSR count). The average molecular weight is 409 g/mol. The quantitative estimate of drug-likeness (QED) is 0.668. The highest BCUT2D eigenvalue weighted by atomic mass is 79.9. The molecule has 0 aliphatic carbocycles. The number of rotatable bonds is 5. The average Bonchev–Trinajstić information content (AvgIpc) is 3.22. The molecule has 0 saturated heterocycles. The molecule has 0 spiro atoms. The SMILES string of the molecule is COc1cnc(NC(=O)NCc2ncc(-c3cccc(Br)c3)o2)s1. The van der Waals surface area contributed by atoms with Crippen LogP contribution >= 0.6 is 27.3 Å². The first kappa shape index (κ1) is 16.5. The molecule has 3 aromatic rings. The Morgan fingerprint density at radius 3 is 3.00 bits per heavy atom. The lowest BCUT2D eigenvalue weighted by molar-refractivity contribution is 0.250. The summed E-state index contributed by atoms with van der Waals surface area (Å²) in [5.41, 5.74) is 0.905. The Bertz CT molecular complexity index is 849. The number of amides is 2. The first-order valence-electron chi connectivity index (χ1n) is 6.89. The molecule has 0 saturated carbocycles. The highest BCUT2D eigenvalue weighted by Crippen LogP contribution is 2.25. The van der Waals surface area contributed by atoms with Crippen molar-refractivity contribution in [1.82, 2.24) is 15.3 Å². The number of anilines is 1. The van der Waals surface area contributed by atoms with Crippen LogP contribution in [0.4, 0.5) is 9.93 Å². The number of nitrogens with zero attached hydrogens (tertiary/aromatic N) is 2. The zero-order valence-corrected chi connectivity index (χ0v) is 15.0. The number of carbonyl (C=O) groups excluding carboxylic acids is 1. The van der Waals surface area contributed by atoms with Gasteiger partial charge in [0.25, 0.3) is 0 Å². The number of aromatic nitrogens is 2. The van der Waals surface area contributed by atoms with Crippen LogP contribution in [0, 0.1) is 0 Å². The van der Waals surface area contributed by atoms with Gasteiger partial charge in [0, 0.05) is 10.0 Å². The topological polar surface area (TPSA) is 89.3 Å². The normalized spacial score (nSPS) is 10.4. The number of carbonyl (C=O) groups is 1. The fraction of sp³-hybridized carbons (Fsp3) is 0.133. The van der Waals surface area contributed by atoms with Crippen LogP contribution in [0.2, 0.25) is 0 Å². The van der Waals surface area contributed by atoms with E-state index in [1.165, 1.54) is 11.3 Å². The van der Waals surface area contributed by atoms with Gasteiger partial charge in [-0.3, -0.25) is 5.32 Å². The summed E-state index contributed by atoms with van der Waals surface area (Å²) in [6.07, 6.45) is 3.17. The van der Waals surface area contributed by atoms with Crippen molar-refractivity contribution in [2.75, 3.05) is 12.4 Å². The van der Waals surface area contributed by atoms with Crippen molar-refractivity contribution in [3.63, 3.8) is 0 Å². The lowest BCUT2D eigenvalue weighted by atomic mass is 10.2. The van der Waals surface area contributed by atoms with Gasteiger partial charge in [-0.05, 0) is 12.1 Å². The van der Waals surface area contributed by atoms with Gasteiger partial charge in [-0.25, -0.2) is 14.8 Å². The molecule has 2 heterocycles. The van der Waals surface area contributed by atoms with E-state index in [2.05, 4.69) is 36.5 Å². The van der Waals surface area contributed by atoms with Crippen molar-refractivity contribution < 1.29 is 13.9 Å². The van der Waals surface area contributed by atoms with Crippen molar-refractivity contribution in [2.45, 2.75) is 6.54 Å². The minimum atomic E-state index is -0.394. The smallest absolute Gasteiger partial charge is 0.321 e. The number of urea groups is 1. The molecule has 2 N–H and O–H groups in total. The van der Waals surface area contributed by atoms with E-state index in [0.29, 0.717) is 21.8 Å². The summed E-state index contributed by atoms with van der Waals surface area (Å²) >= 11 is 4.65. The summed E-state index contributed by atoms with van der Waals surface area (Å²) in [4.78, 5) is 20.0. The maximum absolute atomic E-state index is 11.8. The van der Waals surface area contributed by atoms with Gasteiger partial charge in [0.1, 0.15) is 0 Å². The van der Waals surface area contributed by atoms with Crippen molar-refractivity contribution in [3.05, 3.63) is 47.0 Å². The number of hydrogen-bond donors (Lipinski definition) is 2. The highest BCUT2D eigenvalue weighted by molar-refractivity contribution is 9.10. The van der Waals surface area contributed by atoms with Crippen LogP contribution in [-0.4, -0.2) is 23.1 Å². The van der Waals surface area contributed by atoms with E-state index in [1.807, 2.05) is 24.3 Å². The van der Waals surface area contributed by atoms with Gasteiger partial charge in [0.2, 0.25) is 5.89 Å². The Balaban J connectivity index is 1.56. The molecule has 0 unspecified atom stereocenters. The van der Waals surface area contributed by atoms with Crippen LogP contribution in [0.5, 0.6) is 5.06 Å². The summed E-state index contributed by atoms with van der Waals surface area (Å²) in [7, 11) is 1.54. The van der Waals surface area contributed by atoms with Crippen LogP contribution in [0.1, 0.15) is 5.89 Å². The Hall–Kier alpha value is -2.39. The van der Waals surface area contributed by atoms with Crippen molar-refractivity contribution in [3.8, 4) is 16.4 Å². The van der Waals surface area contributed by atoms with Crippen LogP contribution in [-0.2, 0) is 6.54 Å². The van der Waals surface area contributed by atoms with Crippen LogP contribution in [0.15, 0.2) is 45.5 Å². The predicted octanol–water partition coefficient (Wildman–Crippen LogP) is 3.89.